The van der Waals surface area contributed by atoms with Gasteiger partial charge in [-0.1, -0.05) is 12.1 Å². The molecule has 0 bridgehead atoms. The predicted octanol–water partition coefficient (Wildman–Crippen LogP) is 2.32. The molecule has 1 aromatic carbocycles. The van der Waals surface area contributed by atoms with Crippen molar-refractivity contribution in [1.82, 2.24) is 4.98 Å². The Morgan fingerprint density at radius 1 is 1.12 bits per heavy atom. The Bertz CT molecular complexity index is 718. The van der Waals surface area contributed by atoms with E-state index in [4.69, 9.17) is 9.47 Å². The normalized spacial score (nSPS) is 9.92. The van der Waals surface area contributed by atoms with Crippen molar-refractivity contribution in [2.45, 2.75) is 6.92 Å². The summed E-state index contributed by atoms with van der Waals surface area (Å²) in [5, 5.41) is 5.64. The first-order chi connectivity index (χ1) is 11.7. The lowest BCUT2D eigenvalue weighted by atomic mass is 10.2. The predicted molar refractivity (Wildman–Crippen MR) is 90.3 cm³/mol. The smallest absolute Gasteiger partial charge is 0.359 e. The van der Waals surface area contributed by atoms with Gasteiger partial charge in [-0.3, -0.25) is 4.79 Å². The van der Waals surface area contributed by atoms with Gasteiger partial charge in [0.2, 0.25) is 5.91 Å². The Morgan fingerprint density at radius 2 is 1.88 bits per heavy atom. The Hall–Kier alpha value is -3.09. The van der Waals surface area contributed by atoms with Crippen molar-refractivity contribution >= 4 is 23.3 Å². The first kappa shape index (κ1) is 17.3. The molecule has 0 fully saturated rings. The number of anilines is 2. The molecule has 1 amide bonds. The Balaban J connectivity index is 2.01. The molecule has 0 saturated heterocycles. The molecule has 24 heavy (non-hydrogen) atoms. The summed E-state index contributed by atoms with van der Waals surface area (Å²) in [5.41, 5.74) is 1.08. The number of esters is 1. The van der Waals surface area contributed by atoms with Gasteiger partial charge in [0.1, 0.15) is 5.75 Å². The monoisotopic (exact) mass is 329 g/mol. The van der Waals surface area contributed by atoms with Crippen molar-refractivity contribution in [3.05, 3.63) is 48.3 Å². The first-order valence-electron chi connectivity index (χ1n) is 7.44. The maximum absolute atomic E-state index is 12.1. The summed E-state index contributed by atoms with van der Waals surface area (Å²) in [7, 11) is 1.56. The van der Waals surface area contributed by atoms with E-state index in [0.29, 0.717) is 17.1 Å². The van der Waals surface area contributed by atoms with E-state index in [-0.39, 0.29) is 24.8 Å². The van der Waals surface area contributed by atoms with E-state index in [9.17, 15) is 9.59 Å². The van der Waals surface area contributed by atoms with E-state index in [1.165, 1.54) is 6.20 Å². The molecule has 2 aromatic rings. The van der Waals surface area contributed by atoms with Crippen LogP contribution < -0.4 is 15.4 Å². The molecular formula is C17H19N3O4. The molecule has 0 aliphatic heterocycles. The van der Waals surface area contributed by atoms with Crippen LogP contribution in [-0.2, 0) is 9.53 Å². The summed E-state index contributed by atoms with van der Waals surface area (Å²) in [6, 6.07) is 10.5. The lowest BCUT2D eigenvalue weighted by Crippen LogP contribution is -2.23. The zero-order valence-corrected chi connectivity index (χ0v) is 13.5. The van der Waals surface area contributed by atoms with Gasteiger partial charge in [-0.05, 0) is 31.2 Å². The average molecular weight is 329 g/mol. The Labute approximate surface area is 140 Å². The topological polar surface area (TPSA) is 89.5 Å². The summed E-state index contributed by atoms with van der Waals surface area (Å²) in [6.07, 6.45) is 1.47. The van der Waals surface area contributed by atoms with Crippen LogP contribution in [0, 0.1) is 0 Å². The number of methoxy groups -OCH3 is 1. The number of benzene rings is 1. The molecule has 2 rings (SSSR count). The maximum Gasteiger partial charge on any atom is 0.359 e. The summed E-state index contributed by atoms with van der Waals surface area (Å²) >= 11 is 0. The van der Waals surface area contributed by atoms with Crippen molar-refractivity contribution in [3.63, 3.8) is 0 Å². The van der Waals surface area contributed by atoms with Crippen LogP contribution in [0.25, 0.3) is 0 Å². The molecule has 7 nitrogen and oxygen atoms in total. The van der Waals surface area contributed by atoms with E-state index in [2.05, 4.69) is 15.6 Å². The van der Waals surface area contributed by atoms with Crippen LogP contribution in [0.15, 0.2) is 42.6 Å². The number of para-hydroxylation sites is 2. The van der Waals surface area contributed by atoms with Crippen LogP contribution in [-0.4, -0.2) is 37.1 Å². The van der Waals surface area contributed by atoms with E-state index >= 15 is 0 Å². The first-order valence-corrected chi connectivity index (χ1v) is 7.44. The van der Waals surface area contributed by atoms with Crippen molar-refractivity contribution in [3.8, 4) is 5.75 Å². The zero-order chi connectivity index (χ0) is 17.4. The van der Waals surface area contributed by atoms with E-state index in [1.54, 1.807) is 38.3 Å². The molecule has 0 radical (unpaired) electrons. The molecule has 0 aliphatic rings. The Morgan fingerprint density at radius 3 is 2.62 bits per heavy atom. The summed E-state index contributed by atoms with van der Waals surface area (Å²) < 4.78 is 10.1. The van der Waals surface area contributed by atoms with Crippen LogP contribution in [0.5, 0.6) is 5.75 Å². The van der Waals surface area contributed by atoms with Crippen molar-refractivity contribution in [1.29, 1.82) is 0 Å². The van der Waals surface area contributed by atoms with Crippen LogP contribution in [0.4, 0.5) is 11.4 Å². The summed E-state index contributed by atoms with van der Waals surface area (Å²) in [5.74, 6) is -0.260. The number of ether oxygens (including phenoxy) is 2. The lowest BCUT2D eigenvalue weighted by molar-refractivity contribution is -0.114. The molecule has 0 unspecified atom stereocenters. The minimum Gasteiger partial charge on any atom is -0.495 e. The fraction of sp³-hybridized carbons (Fsp3) is 0.235. The number of nitrogens with one attached hydrogen (secondary N) is 2. The Kier molecular flexibility index (Phi) is 6.13. The van der Waals surface area contributed by atoms with E-state index in [0.717, 1.165) is 0 Å². The summed E-state index contributed by atoms with van der Waals surface area (Å²) in [4.78, 5) is 27.9. The van der Waals surface area contributed by atoms with Gasteiger partial charge < -0.3 is 20.1 Å². The SMILES string of the molecule is CCOC(=O)c1ncccc1NC(=O)CNc1ccccc1OC. The van der Waals surface area contributed by atoms with Gasteiger partial charge in [0.05, 0.1) is 31.6 Å². The molecule has 0 spiro atoms. The highest BCUT2D eigenvalue weighted by Gasteiger charge is 2.15. The second-order valence-electron chi connectivity index (χ2n) is 4.72. The average Bonchev–Trinajstić information content (AvgIpc) is 2.61. The number of rotatable bonds is 7. The van der Waals surface area contributed by atoms with E-state index in [1.807, 2.05) is 12.1 Å². The number of nitrogens with zero attached hydrogens (tertiary/aromatic N) is 1. The highest BCUT2D eigenvalue weighted by Crippen LogP contribution is 2.22. The molecule has 1 heterocycles. The van der Waals surface area contributed by atoms with Gasteiger partial charge in [-0.25, -0.2) is 9.78 Å². The number of aromatic nitrogens is 1. The molecule has 0 aliphatic carbocycles. The fourth-order valence-electron chi connectivity index (χ4n) is 2.03. The third-order valence-electron chi connectivity index (χ3n) is 3.10. The molecule has 1 aromatic heterocycles. The molecular weight excluding hydrogens is 310 g/mol. The third-order valence-corrected chi connectivity index (χ3v) is 3.10. The molecule has 0 atom stereocenters. The van der Waals surface area contributed by atoms with Gasteiger partial charge >= 0.3 is 5.97 Å². The van der Waals surface area contributed by atoms with Crippen molar-refractivity contribution in [2.75, 3.05) is 30.9 Å². The second kappa shape index (κ2) is 8.52. The number of hydrogen-bond donors (Lipinski definition) is 2. The quantitative estimate of drug-likeness (QED) is 0.758. The van der Waals surface area contributed by atoms with Crippen molar-refractivity contribution < 1.29 is 19.1 Å². The van der Waals surface area contributed by atoms with Gasteiger partial charge in [-0.2, -0.15) is 0 Å². The number of carbonyl (C=O) groups excluding carboxylic acids is 2. The minimum atomic E-state index is -0.578. The fourth-order valence-corrected chi connectivity index (χ4v) is 2.03. The summed E-state index contributed by atoms with van der Waals surface area (Å²) in [6.45, 7) is 1.95. The third kappa shape index (κ3) is 4.45. The van der Waals surface area contributed by atoms with Gasteiger partial charge in [0, 0.05) is 6.20 Å². The number of hydrogen-bond acceptors (Lipinski definition) is 6. The van der Waals surface area contributed by atoms with Crippen LogP contribution in [0.2, 0.25) is 0 Å². The number of amides is 1. The second-order valence-corrected chi connectivity index (χ2v) is 4.72. The molecule has 2 N–H and O–H groups in total. The van der Waals surface area contributed by atoms with Crippen LogP contribution in [0.3, 0.4) is 0 Å². The minimum absolute atomic E-state index is 0.0114. The number of carbonyl (C=O) groups is 2. The zero-order valence-electron chi connectivity index (χ0n) is 13.5. The van der Waals surface area contributed by atoms with Gasteiger partial charge in [0.25, 0.3) is 0 Å². The van der Waals surface area contributed by atoms with Gasteiger partial charge in [0.15, 0.2) is 5.69 Å². The van der Waals surface area contributed by atoms with Crippen molar-refractivity contribution in [2.24, 2.45) is 0 Å². The molecule has 126 valence electrons. The standard InChI is InChI=1S/C17H19N3O4/c1-3-24-17(22)16-13(8-6-10-18-16)20-15(21)11-19-12-7-4-5-9-14(12)23-2/h4-10,19H,3,11H2,1-2H3,(H,20,21). The number of pyridine rings is 1. The maximum atomic E-state index is 12.1. The van der Waals surface area contributed by atoms with Gasteiger partial charge in [-0.15, -0.1) is 0 Å². The van der Waals surface area contributed by atoms with E-state index < -0.39 is 5.97 Å². The molecule has 7 heteroatoms. The highest BCUT2D eigenvalue weighted by atomic mass is 16.5. The van der Waals surface area contributed by atoms with Crippen LogP contribution >= 0.6 is 0 Å². The van der Waals surface area contributed by atoms with Crippen LogP contribution in [0.1, 0.15) is 17.4 Å². The largest absolute Gasteiger partial charge is 0.495 e. The highest BCUT2D eigenvalue weighted by molar-refractivity contribution is 6.01. The lowest BCUT2D eigenvalue weighted by Gasteiger charge is -2.12. The molecule has 0 saturated carbocycles.